The summed E-state index contributed by atoms with van der Waals surface area (Å²) in [7, 11) is 4.17. The number of piperidine rings is 1. The number of nitrogens with zero attached hydrogens (tertiary/aromatic N) is 3. The summed E-state index contributed by atoms with van der Waals surface area (Å²) in [6, 6.07) is 6.72. The summed E-state index contributed by atoms with van der Waals surface area (Å²) in [5.74, 6) is 1.65. The second-order valence-electron chi connectivity index (χ2n) is 7.35. The maximum absolute atomic E-state index is 5.84. The van der Waals surface area contributed by atoms with Gasteiger partial charge < -0.3 is 19.7 Å². The molecule has 2 aromatic rings. The minimum Gasteiger partial charge on any atom is -0.490 e. The Morgan fingerprint density at radius 2 is 1.88 bits per heavy atom. The molecule has 0 bridgehead atoms. The van der Waals surface area contributed by atoms with Crippen LogP contribution in [-0.4, -0.2) is 54.1 Å². The number of aryl methyl sites for hydroxylation is 1. The zero-order valence-corrected chi connectivity index (χ0v) is 15.7. The molecular weight excluding hydrogens is 328 g/mol. The molecule has 0 unspecified atom stereocenters. The highest BCUT2D eigenvalue weighted by atomic mass is 16.5. The van der Waals surface area contributed by atoms with Gasteiger partial charge >= 0.3 is 0 Å². The first-order valence-corrected chi connectivity index (χ1v) is 9.53. The lowest BCUT2D eigenvalue weighted by molar-refractivity contribution is 0.234. The highest BCUT2D eigenvalue weighted by molar-refractivity contribution is 5.66. The fourth-order valence-electron chi connectivity index (χ4n) is 3.69. The van der Waals surface area contributed by atoms with E-state index in [1.54, 1.807) is 0 Å². The van der Waals surface area contributed by atoms with Crippen LogP contribution in [0.4, 0.5) is 0 Å². The first-order valence-electron chi connectivity index (χ1n) is 9.53. The van der Waals surface area contributed by atoms with Gasteiger partial charge in [-0.05, 0) is 51.2 Å². The van der Waals surface area contributed by atoms with Gasteiger partial charge in [0.2, 0.25) is 0 Å². The fourth-order valence-corrected chi connectivity index (χ4v) is 3.69. The lowest BCUT2D eigenvalue weighted by Gasteiger charge is -2.29. The topological polar surface area (TPSA) is 51.6 Å². The third-order valence-corrected chi connectivity index (χ3v) is 5.23. The maximum atomic E-state index is 5.84. The first kappa shape index (κ1) is 17.4. The summed E-state index contributed by atoms with van der Waals surface area (Å²) in [5, 5.41) is 8.42. The summed E-state index contributed by atoms with van der Waals surface area (Å²) in [6.45, 7) is 4.58. The summed E-state index contributed by atoms with van der Waals surface area (Å²) in [4.78, 5) is 2.39. The number of aromatic nitrogens is 2. The van der Waals surface area contributed by atoms with E-state index in [1.165, 1.54) is 31.5 Å². The highest BCUT2D eigenvalue weighted by Crippen LogP contribution is 2.34. The molecule has 0 amide bonds. The molecule has 26 heavy (non-hydrogen) atoms. The van der Waals surface area contributed by atoms with Crippen molar-refractivity contribution < 1.29 is 9.47 Å². The van der Waals surface area contributed by atoms with Crippen LogP contribution in [0.25, 0.3) is 11.3 Å². The first-order chi connectivity index (χ1) is 12.7. The summed E-state index contributed by atoms with van der Waals surface area (Å²) in [6.07, 6.45) is 5.44. The van der Waals surface area contributed by atoms with Crippen molar-refractivity contribution in [1.82, 2.24) is 20.0 Å². The molecule has 6 nitrogen and oxygen atoms in total. The largest absolute Gasteiger partial charge is 0.490 e. The minimum atomic E-state index is 0.586. The molecule has 6 heteroatoms. The Balaban J connectivity index is 1.51. The van der Waals surface area contributed by atoms with E-state index in [9.17, 15) is 0 Å². The average molecular weight is 356 g/mol. The second-order valence-corrected chi connectivity index (χ2v) is 7.35. The SMILES string of the molecule is CN1CCC(NCc2cn(C)nc2-c2ccc3c(c2)OCCCO3)CC1. The van der Waals surface area contributed by atoms with Crippen LogP contribution in [0.3, 0.4) is 0 Å². The Bertz CT molecular complexity index is 750. The minimum absolute atomic E-state index is 0.586. The maximum Gasteiger partial charge on any atom is 0.161 e. The molecular formula is C20H28N4O2. The number of hydrogen-bond donors (Lipinski definition) is 1. The highest BCUT2D eigenvalue weighted by Gasteiger charge is 2.19. The van der Waals surface area contributed by atoms with Gasteiger partial charge in [0.15, 0.2) is 11.5 Å². The Morgan fingerprint density at radius 3 is 2.69 bits per heavy atom. The zero-order chi connectivity index (χ0) is 17.9. The molecule has 2 aliphatic heterocycles. The molecule has 4 rings (SSSR count). The molecule has 1 saturated heterocycles. The third kappa shape index (κ3) is 3.86. The Labute approximate surface area is 155 Å². The number of fused-ring (bicyclic) bond motifs is 1. The lowest BCUT2D eigenvalue weighted by Crippen LogP contribution is -2.40. The van der Waals surface area contributed by atoms with Gasteiger partial charge in [-0.2, -0.15) is 5.10 Å². The van der Waals surface area contributed by atoms with Gasteiger partial charge in [-0.3, -0.25) is 4.68 Å². The van der Waals surface area contributed by atoms with Crippen molar-refractivity contribution in [2.24, 2.45) is 7.05 Å². The van der Waals surface area contributed by atoms with Crippen LogP contribution < -0.4 is 14.8 Å². The lowest BCUT2D eigenvalue weighted by atomic mass is 10.0. The molecule has 1 aromatic heterocycles. The van der Waals surface area contributed by atoms with E-state index in [4.69, 9.17) is 14.6 Å². The second kappa shape index (κ2) is 7.68. The van der Waals surface area contributed by atoms with E-state index >= 15 is 0 Å². The monoisotopic (exact) mass is 356 g/mol. The van der Waals surface area contributed by atoms with Crippen LogP contribution in [0, 0.1) is 0 Å². The van der Waals surface area contributed by atoms with Crippen molar-refractivity contribution in [3.05, 3.63) is 30.0 Å². The van der Waals surface area contributed by atoms with E-state index in [0.29, 0.717) is 19.3 Å². The molecule has 0 aliphatic carbocycles. The fraction of sp³-hybridized carbons (Fsp3) is 0.550. The van der Waals surface area contributed by atoms with Crippen molar-refractivity contribution in [3.63, 3.8) is 0 Å². The van der Waals surface area contributed by atoms with Crippen LogP contribution in [0.2, 0.25) is 0 Å². The summed E-state index contributed by atoms with van der Waals surface area (Å²) in [5.41, 5.74) is 3.32. The molecule has 1 fully saturated rings. The molecule has 3 heterocycles. The zero-order valence-electron chi connectivity index (χ0n) is 15.7. The smallest absolute Gasteiger partial charge is 0.161 e. The Morgan fingerprint density at radius 1 is 1.12 bits per heavy atom. The standard InChI is InChI=1S/C20H28N4O2/c1-23-8-6-17(7-9-23)21-13-16-14-24(2)22-20(16)15-4-5-18-19(12-15)26-11-3-10-25-18/h4-5,12,14,17,21H,3,6-11,13H2,1-2H3. The van der Waals surface area contributed by atoms with Crippen molar-refractivity contribution in [3.8, 4) is 22.8 Å². The predicted octanol–water partition coefficient (Wildman–Crippen LogP) is 2.43. The third-order valence-electron chi connectivity index (χ3n) is 5.23. The van der Waals surface area contributed by atoms with Crippen molar-refractivity contribution in [2.75, 3.05) is 33.4 Å². The van der Waals surface area contributed by atoms with Gasteiger partial charge in [0.25, 0.3) is 0 Å². The number of hydrogen-bond acceptors (Lipinski definition) is 5. The Kier molecular flexibility index (Phi) is 5.13. The van der Waals surface area contributed by atoms with Gasteiger partial charge in [-0.15, -0.1) is 0 Å². The number of rotatable bonds is 4. The van der Waals surface area contributed by atoms with E-state index in [-0.39, 0.29) is 0 Å². The molecule has 0 atom stereocenters. The molecule has 0 saturated carbocycles. The van der Waals surface area contributed by atoms with E-state index in [0.717, 1.165) is 35.7 Å². The summed E-state index contributed by atoms with van der Waals surface area (Å²) >= 11 is 0. The number of nitrogens with one attached hydrogen (secondary N) is 1. The molecule has 0 radical (unpaired) electrons. The van der Waals surface area contributed by atoms with Crippen molar-refractivity contribution in [1.29, 1.82) is 0 Å². The van der Waals surface area contributed by atoms with Gasteiger partial charge in [0, 0.05) is 43.4 Å². The molecule has 140 valence electrons. The molecule has 0 spiro atoms. The predicted molar refractivity (Wildman–Crippen MR) is 102 cm³/mol. The number of benzene rings is 1. The van der Waals surface area contributed by atoms with E-state index in [1.807, 2.05) is 17.8 Å². The van der Waals surface area contributed by atoms with Crippen LogP contribution in [-0.2, 0) is 13.6 Å². The van der Waals surface area contributed by atoms with Crippen molar-refractivity contribution in [2.45, 2.75) is 31.8 Å². The van der Waals surface area contributed by atoms with Crippen LogP contribution >= 0.6 is 0 Å². The molecule has 2 aliphatic rings. The van der Waals surface area contributed by atoms with Gasteiger partial charge in [-0.25, -0.2) is 0 Å². The number of ether oxygens (including phenoxy) is 2. The van der Waals surface area contributed by atoms with Gasteiger partial charge in [0.1, 0.15) is 0 Å². The number of likely N-dealkylation sites (tertiary alicyclic amines) is 1. The average Bonchev–Trinajstić information content (AvgIpc) is 2.87. The normalized spacial score (nSPS) is 18.7. The van der Waals surface area contributed by atoms with Gasteiger partial charge in [0.05, 0.1) is 18.9 Å². The van der Waals surface area contributed by atoms with Crippen LogP contribution in [0.15, 0.2) is 24.4 Å². The van der Waals surface area contributed by atoms with Crippen LogP contribution in [0.5, 0.6) is 11.5 Å². The Hall–Kier alpha value is -2.05. The van der Waals surface area contributed by atoms with E-state index in [2.05, 4.69) is 35.6 Å². The van der Waals surface area contributed by atoms with Crippen LogP contribution in [0.1, 0.15) is 24.8 Å². The molecule has 1 N–H and O–H groups in total. The quantitative estimate of drug-likeness (QED) is 0.912. The molecule has 1 aromatic carbocycles. The summed E-state index contributed by atoms with van der Waals surface area (Å²) < 4.78 is 13.5. The van der Waals surface area contributed by atoms with E-state index < -0.39 is 0 Å². The van der Waals surface area contributed by atoms with Crippen molar-refractivity contribution >= 4 is 0 Å². The van der Waals surface area contributed by atoms with Gasteiger partial charge in [-0.1, -0.05) is 0 Å².